The van der Waals surface area contributed by atoms with Gasteiger partial charge in [-0.05, 0) is 29.0 Å². The van der Waals surface area contributed by atoms with Gasteiger partial charge in [0.05, 0.1) is 4.88 Å². The second-order valence-electron chi connectivity index (χ2n) is 4.10. The lowest BCUT2D eigenvalue weighted by Crippen LogP contribution is -2.05. The van der Waals surface area contributed by atoms with E-state index >= 15 is 0 Å². The molecule has 2 heterocycles. The highest BCUT2D eigenvalue weighted by Crippen LogP contribution is 2.28. The number of carbonyl (C=O) groups excluding carboxylic acids is 1. The summed E-state index contributed by atoms with van der Waals surface area (Å²) in [5, 5.41) is 6.50. The molecule has 3 aromatic rings. The van der Waals surface area contributed by atoms with Crippen LogP contribution >= 0.6 is 34.5 Å². The molecule has 2 aromatic heterocycles. The van der Waals surface area contributed by atoms with Gasteiger partial charge in [-0.25, -0.2) is 4.79 Å². The third-order valence-corrected chi connectivity index (χ3v) is 4.70. The fraction of sp³-hybridized carbons (Fsp3) is 0.0714. The zero-order valence-electron chi connectivity index (χ0n) is 10.7. The van der Waals surface area contributed by atoms with Crippen molar-refractivity contribution in [2.45, 2.75) is 6.61 Å². The highest BCUT2D eigenvalue weighted by molar-refractivity contribution is 7.14. The Morgan fingerprint density at radius 2 is 2.10 bits per heavy atom. The summed E-state index contributed by atoms with van der Waals surface area (Å²) in [7, 11) is 0. The molecule has 0 saturated heterocycles. The van der Waals surface area contributed by atoms with Crippen LogP contribution in [0.3, 0.4) is 0 Å². The number of hydrogen-bond donors (Lipinski definition) is 0. The van der Waals surface area contributed by atoms with E-state index < -0.39 is 5.97 Å². The molecule has 7 heteroatoms. The summed E-state index contributed by atoms with van der Waals surface area (Å²) in [6.07, 6.45) is 0. The molecule has 0 fully saturated rings. The fourth-order valence-corrected chi connectivity index (χ4v) is 3.27. The molecule has 0 aliphatic heterocycles. The van der Waals surface area contributed by atoms with Crippen LogP contribution < -0.4 is 0 Å². The highest BCUT2D eigenvalue weighted by atomic mass is 35.5. The molecule has 0 unspecified atom stereocenters. The van der Waals surface area contributed by atoms with Gasteiger partial charge < -0.3 is 4.74 Å². The largest absolute Gasteiger partial charge is 0.456 e. The number of nitrogens with zero attached hydrogens (tertiary/aromatic N) is 2. The lowest BCUT2D eigenvalue weighted by atomic mass is 10.2. The number of carbonyl (C=O) groups is 1. The number of ether oxygens (including phenoxy) is 1. The lowest BCUT2D eigenvalue weighted by molar-refractivity contribution is 0.0479. The zero-order chi connectivity index (χ0) is 14.7. The molecule has 0 N–H and O–H groups in total. The van der Waals surface area contributed by atoms with Crippen LogP contribution in [0.25, 0.3) is 10.6 Å². The Morgan fingerprint density at radius 1 is 1.24 bits per heavy atom. The molecule has 0 aliphatic carbocycles. The zero-order valence-corrected chi connectivity index (χ0v) is 13.0. The maximum atomic E-state index is 12.2. The smallest absolute Gasteiger partial charge is 0.352 e. The predicted octanol–water partition coefficient (Wildman–Crippen LogP) is 4.28. The van der Waals surface area contributed by atoms with Crippen molar-refractivity contribution in [1.82, 2.24) is 9.59 Å². The van der Waals surface area contributed by atoms with Gasteiger partial charge in [0.2, 0.25) is 0 Å². The summed E-state index contributed by atoms with van der Waals surface area (Å²) in [4.78, 5) is 13.5. The van der Waals surface area contributed by atoms with E-state index in [2.05, 4.69) is 9.59 Å². The van der Waals surface area contributed by atoms with E-state index in [1.165, 1.54) is 11.3 Å². The van der Waals surface area contributed by atoms with E-state index in [0.29, 0.717) is 15.6 Å². The molecule has 0 saturated carbocycles. The van der Waals surface area contributed by atoms with Crippen molar-refractivity contribution in [1.29, 1.82) is 0 Å². The Labute approximate surface area is 134 Å². The van der Waals surface area contributed by atoms with Crippen molar-refractivity contribution in [3.63, 3.8) is 0 Å². The van der Waals surface area contributed by atoms with Crippen LogP contribution in [0.5, 0.6) is 0 Å². The Balaban J connectivity index is 1.75. The van der Waals surface area contributed by atoms with Gasteiger partial charge in [-0.2, -0.15) is 0 Å². The first-order chi connectivity index (χ1) is 10.3. The topological polar surface area (TPSA) is 52.1 Å². The molecule has 0 atom stereocenters. The predicted molar refractivity (Wildman–Crippen MR) is 83.8 cm³/mol. The normalized spacial score (nSPS) is 10.5. The van der Waals surface area contributed by atoms with Gasteiger partial charge in [-0.1, -0.05) is 40.4 Å². The second kappa shape index (κ2) is 6.34. The van der Waals surface area contributed by atoms with Crippen LogP contribution in [0.1, 0.15) is 15.2 Å². The molecule has 0 amide bonds. The number of aromatic nitrogens is 2. The molecule has 3 rings (SSSR count). The van der Waals surface area contributed by atoms with Crippen LogP contribution in [0.15, 0.2) is 41.8 Å². The van der Waals surface area contributed by atoms with Crippen molar-refractivity contribution < 1.29 is 9.53 Å². The third-order valence-electron chi connectivity index (χ3n) is 2.74. The first-order valence-electron chi connectivity index (χ1n) is 6.02. The van der Waals surface area contributed by atoms with Gasteiger partial charge in [-0.15, -0.1) is 16.4 Å². The summed E-state index contributed by atoms with van der Waals surface area (Å²) < 4.78 is 9.15. The summed E-state index contributed by atoms with van der Waals surface area (Å²) >= 11 is 8.57. The quantitative estimate of drug-likeness (QED) is 0.667. The van der Waals surface area contributed by atoms with E-state index in [0.717, 1.165) is 22.0 Å². The summed E-state index contributed by atoms with van der Waals surface area (Å²) in [5.41, 5.74) is 1.34. The monoisotopic (exact) mass is 336 g/mol. The van der Waals surface area contributed by atoms with Gasteiger partial charge in [0.1, 0.15) is 12.3 Å². The van der Waals surface area contributed by atoms with Crippen LogP contribution in [0.2, 0.25) is 5.02 Å². The van der Waals surface area contributed by atoms with E-state index in [1.807, 2.05) is 35.7 Å². The minimum Gasteiger partial charge on any atom is -0.456 e. The van der Waals surface area contributed by atoms with E-state index in [-0.39, 0.29) is 6.61 Å². The number of hydrogen-bond acceptors (Lipinski definition) is 6. The van der Waals surface area contributed by atoms with Crippen molar-refractivity contribution >= 4 is 40.4 Å². The third kappa shape index (κ3) is 3.12. The molecular weight excluding hydrogens is 328 g/mol. The van der Waals surface area contributed by atoms with Crippen molar-refractivity contribution in [2.75, 3.05) is 0 Å². The van der Waals surface area contributed by atoms with Crippen LogP contribution in [-0.4, -0.2) is 15.6 Å². The first kappa shape index (κ1) is 14.2. The standard InChI is InChI=1S/C14H9ClN2O2S2/c15-10-5-2-1-4-9(10)8-19-14(18)13-12(16-17-21-13)11-6-3-7-20-11/h1-7H,8H2. The van der Waals surface area contributed by atoms with Crippen molar-refractivity contribution in [3.05, 3.63) is 57.2 Å². The van der Waals surface area contributed by atoms with Crippen LogP contribution in [-0.2, 0) is 11.3 Å². The summed E-state index contributed by atoms with van der Waals surface area (Å²) in [5.74, 6) is -0.437. The number of halogens is 1. The first-order valence-corrected chi connectivity index (χ1v) is 8.05. The van der Waals surface area contributed by atoms with E-state index in [1.54, 1.807) is 6.07 Å². The molecule has 0 spiro atoms. The van der Waals surface area contributed by atoms with Gasteiger partial charge in [0.15, 0.2) is 4.88 Å². The maximum Gasteiger partial charge on any atom is 0.352 e. The SMILES string of the molecule is O=C(OCc1ccccc1Cl)c1snnc1-c1cccs1. The molecule has 106 valence electrons. The Bertz CT molecular complexity index is 756. The Morgan fingerprint density at radius 3 is 2.86 bits per heavy atom. The number of benzene rings is 1. The van der Waals surface area contributed by atoms with Gasteiger partial charge >= 0.3 is 5.97 Å². The fourth-order valence-electron chi connectivity index (χ4n) is 1.72. The molecular formula is C14H9ClN2O2S2. The average Bonchev–Trinajstić information content (AvgIpc) is 3.16. The van der Waals surface area contributed by atoms with Crippen molar-refractivity contribution in [3.8, 4) is 10.6 Å². The number of thiophene rings is 1. The average molecular weight is 337 g/mol. The molecule has 4 nitrogen and oxygen atoms in total. The molecule has 0 aliphatic rings. The second-order valence-corrected chi connectivity index (χ2v) is 6.20. The van der Waals surface area contributed by atoms with Crippen LogP contribution in [0, 0.1) is 0 Å². The molecule has 0 bridgehead atoms. The van der Waals surface area contributed by atoms with Crippen molar-refractivity contribution in [2.24, 2.45) is 0 Å². The number of rotatable bonds is 4. The minimum absolute atomic E-state index is 0.125. The maximum absolute atomic E-state index is 12.2. The highest BCUT2D eigenvalue weighted by Gasteiger charge is 2.20. The van der Waals surface area contributed by atoms with Gasteiger partial charge in [0.25, 0.3) is 0 Å². The minimum atomic E-state index is -0.437. The summed E-state index contributed by atoms with van der Waals surface area (Å²) in [6, 6.07) is 11.1. The molecule has 1 aromatic carbocycles. The number of esters is 1. The Kier molecular flexibility index (Phi) is 4.28. The van der Waals surface area contributed by atoms with E-state index in [9.17, 15) is 4.79 Å². The van der Waals surface area contributed by atoms with Crippen LogP contribution in [0.4, 0.5) is 0 Å². The van der Waals surface area contributed by atoms with Gasteiger partial charge in [-0.3, -0.25) is 0 Å². The van der Waals surface area contributed by atoms with E-state index in [4.69, 9.17) is 16.3 Å². The summed E-state index contributed by atoms with van der Waals surface area (Å²) in [6.45, 7) is 0.125. The Hall–Kier alpha value is -1.76. The van der Waals surface area contributed by atoms with Gasteiger partial charge in [0, 0.05) is 10.6 Å². The molecule has 21 heavy (non-hydrogen) atoms. The molecule has 0 radical (unpaired) electrons. The lowest BCUT2D eigenvalue weighted by Gasteiger charge is -2.05.